The molecule has 0 aromatic heterocycles. The molecule has 0 saturated carbocycles. The van der Waals surface area contributed by atoms with Crippen molar-refractivity contribution in [3.8, 4) is 17.6 Å². The van der Waals surface area contributed by atoms with Crippen LogP contribution in [-0.4, -0.2) is 26.3 Å². The Morgan fingerprint density at radius 1 is 1.30 bits per heavy atom. The van der Waals surface area contributed by atoms with Gasteiger partial charge in [0.15, 0.2) is 0 Å². The molecule has 0 bridgehead atoms. The summed E-state index contributed by atoms with van der Waals surface area (Å²) in [4.78, 5) is 11.5. The first-order chi connectivity index (χ1) is 9.65. The van der Waals surface area contributed by atoms with Gasteiger partial charge in [-0.05, 0) is 37.6 Å². The van der Waals surface area contributed by atoms with Gasteiger partial charge in [0.05, 0.1) is 26.4 Å². The molecule has 0 aliphatic heterocycles. The maximum absolute atomic E-state index is 11.5. The van der Waals surface area contributed by atoms with Gasteiger partial charge >= 0.3 is 5.97 Å². The van der Waals surface area contributed by atoms with E-state index in [0.717, 1.165) is 5.56 Å². The number of methoxy groups -OCH3 is 1. The summed E-state index contributed by atoms with van der Waals surface area (Å²) in [6.45, 7) is 4.83. The van der Waals surface area contributed by atoms with Crippen molar-refractivity contribution in [2.75, 3.05) is 20.3 Å². The molecule has 0 spiro atoms. The number of ether oxygens (including phenoxy) is 3. The van der Waals surface area contributed by atoms with Gasteiger partial charge in [0.25, 0.3) is 0 Å². The normalized spacial score (nSPS) is 11.3. The average Bonchev–Trinajstić information content (AvgIpc) is 2.46. The Kier molecular flexibility index (Phi) is 6.38. The topological polar surface area (TPSA) is 68.5 Å². The lowest BCUT2D eigenvalue weighted by Crippen LogP contribution is -2.17. The molecule has 5 heteroatoms. The number of nitriles is 1. The lowest BCUT2D eigenvalue weighted by atomic mass is 9.99. The van der Waals surface area contributed by atoms with Gasteiger partial charge in [0.1, 0.15) is 17.4 Å². The number of carbonyl (C=O) groups excluding carboxylic acids is 1. The molecule has 0 aliphatic rings. The molecule has 0 amide bonds. The second-order valence-corrected chi connectivity index (χ2v) is 4.04. The van der Waals surface area contributed by atoms with Crippen LogP contribution >= 0.6 is 0 Å². The van der Waals surface area contributed by atoms with Crippen molar-refractivity contribution in [3.63, 3.8) is 0 Å². The molecule has 108 valence electrons. The molecule has 0 N–H and O–H groups in total. The first kappa shape index (κ1) is 15.8. The maximum atomic E-state index is 11.5. The van der Waals surface area contributed by atoms with E-state index in [1.54, 1.807) is 18.2 Å². The Morgan fingerprint density at radius 2 is 2.00 bits per heavy atom. The quantitative estimate of drug-likeness (QED) is 0.715. The van der Waals surface area contributed by atoms with Crippen molar-refractivity contribution in [2.45, 2.75) is 20.3 Å². The van der Waals surface area contributed by atoms with Gasteiger partial charge in [-0.2, -0.15) is 5.26 Å². The zero-order valence-electron chi connectivity index (χ0n) is 12.0. The molecular formula is C15H19NO4. The predicted octanol–water partition coefficient (Wildman–Crippen LogP) is 2.34. The second-order valence-electron chi connectivity index (χ2n) is 4.04. The van der Waals surface area contributed by atoms with Crippen LogP contribution in [0, 0.1) is 17.2 Å². The summed E-state index contributed by atoms with van der Waals surface area (Å²) in [5.41, 5.74) is 0.759. The summed E-state index contributed by atoms with van der Waals surface area (Å²) in [5, 5.41) is 9.06. The fraction of sp³-hybridized carbons (Fsp3) is 0.467. The Labute approximate surface area is 119 Å². The zero-order valence-corrected chi connectivity index (χ0v) is 12.0. The highest BCUT2D eigenvalue weighted by Crippen LogP contribution is 2.27. The van der Waals surface area contributed by atoms with Gasteiger partial charge in [-0.25, -0.2) is 0 Å². The second kappa shape index (κ2) is 8.05. The molecule has 1 unspecified atom stereocenters. The molecule has 1 aromatic rings. The lowest BCUT2D eigenvalue weighted by molar-refractivity contribution is -0.143. The first-order valence-corrected chi connectivity index (χ1v) is 6.52. The predicted molar refractivity (Wildman–Crippen MR) is 73.6 cm³/mol. The van der Waals surface area contributed by atoms with Crippen molar-refractivity contribution < 1.29 is 19.0 Å². The van der Waals surface area contributed by atoms with E-state index >= 15 is 0 Å². The Bertz CT molecular complexity index is 493. The van der Waals surface area contributed by atoms with Crippen LogP contribution in [-0.2, 0) is 16.0 Å². The third-order valence-electron chi connectivity index (χ3n) is 2.71. The van der Waals surface area contributed by atoms with Crippen LogP contribution in [0.25, 0.3) is 0 Å². The summed E-state index contributed by atoms with van der Waals surface area (Å²) >= 11 is 0. The van der Waals surface area contributed by atoms with E-state index in [-0.39, 0.29) is 6.42 Å². The maximum Gasteiger partial charge on any atom is 0.323 e. The van der Waals surface area contributed by atoms with Gasteiger partial charge in [0.2, 0.25) is 0 Å². The molecule has 1 atom stereocenters. The van der Waals surface area contributed by atoms with Crippen LogP contribution in [0.4, 0.5) is 0 Å². The molecule has 1 rings (SSSR count). The standard InChI is InChI=1S/C15H19NO4/c1-4-19-13-6-7-14(20-5-2)11(9-13)8-12(10-16)15(17)18-3/h6-7,9,12H,4-5,8H2,1-3H3. The van der Waals surface area contributed by atoms with Crippen molar-refractivity contribution in [1.82, 2.24) is 0 Å². The number of hydrogen-bond donors (Lipinski definition) is 0. The lowest BCUT2D eigenvalue weighted by Gasteiger charge is -2.14. The number of carbonyl (C=O) groups is 1. The molecule has 5 nitrogen and oxygen atoms in total. The molecular weight excluding hydrogens is 258 g/mol. The SMILES string of the molecule is CCOc1ccc(OCC)c(CC(C#N)C(=O)OC)c1. The van der Waals surface area contributed by atoms with E-state index in [2.05, 4.69) is 4.74 Å². The monoisotopic (exact) mass is 277 g/mol. The van der Waals surface area contributed by atoms with E-state index < -0.39 is 11.9 Å². The summed E-state index contributed by atoms with van der Waals surface area (Å²) in [6, 6.07) is 7.33. The minimum absolute atomic E-state index is 0.236. The number of benzene rings is 1. The Morgan fingerprint density at radius 3 is 2.55 bits per heavy atom. The van der Waals surface area contributed by atoms with E-state index in [1.807, 2.05) is 19.9 Å². The van der Waals surface area contributed by atoms with Gasteiger partial charge < -0.3 is 14.2 Å². The van der Waals surface area contributed by atoms with Gasteiger partial charge in [-0.3, -0.25) is 4.79 Å². The number of esters is 1. The van der Waals surface area contributed by atoms with Crippen molar-refractivity contribution in [3.05, 3.63) is 23.8 Å². The summed E-state index contributed by atoms with van der Waals surface area (Å²) in [5.74, 6) is -0.0551. The average molecular weight is 277 g/mol. The highest BCUT2D eigenvalue weighted by Gasteiger charge is 2.21. The van der Waals surface area contributed by atoms with Crippen LogP contribution in [0.2, 0.25) is 0 Å². The van der Waals surface area contributed by atoms with E-state index in [1.165, 1.54) is 7.11 Å². The largest absolute Gasteiger partial charge is 0.494 e. The number of rotatable bonds is 7. The highest BCUT2D eigenvalue weighted by molar-refractivity contribution is 5.75. The van der Waals surface area contributed by atoms with E-state index in [9.17, 15) is 4.79 Å². The molecule has 0 aliphatic carbocycles. The van der Waals surface area contributed by atoms with Gasteiger partial charge in [-0.1, -0.05) is 0 Å². The van der Waals surface area contributed by atoms with E-state index in [0.29, 0.717) is 24.7 Å². The first-order valence-electron chi connectivity index (χ1n) is 6.52. The summed E-state index contributed by atoms with van der Waals surface area (Å²) in [7, 11) is 1.27. The third-order valence-corrected chi connectivity index (χ3v) is 2.71. The van der Waals surface area contributed by atoms with Crippen molar-refractivity contribution in [2.24, 2.45) is 5.92 Å². The van der Waals surface area contributed by atoms with Crippen LogP contribution in [0.3, 0.4) is 0 Å². The van der Waals surface area contributed by atoms with Crippen molar-refractivity contribution >= 4 is 5.97 Å². The zero-order chi connectivity index (χ0) is 15.0. The van der Waals surface area contributed by atoms with E-state index in [4.69, 9.17) is 14.7 Å². The molecule has 0 radical (unpaired) electrons. The Hall–Kier alpha value is -2.22. The number of hydrogen-bond acceptors (Lipinski definition) is 5. The Balaban J connectivity index is 3.02. The van der Waals surface area contributed by atoms with Crippen LogP contribution in [0.5, 0.6) is 11.5 Å². The fourth-order valence-electron chi connectivity index (χ4n) is 1.81. The molecule has 1 aromatic carbocycles. The molecule has 0 fully saturated rings. The smallest absolute Gasteiger partial charge is 0.323 e. The summed E-state index contributed by atoms with van der Waals surface area (Å²) in [6.07, 6.45) is 0.236. The minimum Gasteiger partial charge on any atom is -0.494 e. The summed E-state index contributed by atoms with van der Waals surface area (Å²) < 4.78 is 15.6. The fourth-order valence-corrected chi connectivity index (χ4v) is 1.81. The molecule has 20 heavy (non-hydrogen) atoms. The molecule has 0 heterocycles. The third kappa shape index (κ3) is 4.16. The molecule has 0 saturated heterocycles. The number of nitrogens with zero attached hydrogens (tertiary/aromatic N) is 1. The van der Waals surface area contributed by atoms with Crippen LogP contribution < -0.4 is 9.47 Å². The minimum atomic E-state index is -0.851. The van der Waals surface area contributed by atoms with Crippen molar-refractivity contribution in [1.29, 1.82) is 5.26 Å². The van der Waals surface area contributed by atoms with Crippen LogP contribution in [0.15, 0.2) is 18.2 Å². The van der Waals surface area contributed by atoms with Crippen LogP contribution in [0.1, 0.15) is 19.4 Å². The van der Waals surface area contributed by atoms with Gasteiger partial charge in [-0.15, -0.1) is 0 Å². The van der Waals surface area contributed by atoms with Gasteiger partial charge in [0, 0.05) is 6.42 Å². The highest BCUT2D eigenvalue weighted by atomic mass is 16.5.